The van der Waals surface area contributed by atoms with E-state index in [-0.39, 0.29) is 11.9 Å². The fourth-order valence-corrected chi connectivity index (χ4v) is 3.68. The van der Waals surface area contributed by atoms with Crippen molar-refractivity contribution in [3.05, 3.63) is 69.7 Å². The van der Waals surface area contributed by atoms with Crippen LogP contribution in [0.5, 0.6) is 0 Å². The molecular formula is C24H33ClN2O2. The highest BCUT2D eigenvalue weighted by Gasteiger charge is 2.15. The molecule has 0 aliphatic heterocycles. The summed E-state index contributed by atoms with van der Waals surface area (Å²) in [5.41, 5.74) is 4.15. The van der Waals surface area contributed by atoms with Gasteiger partial charge >= 0.3 is 0 Å². The minimum absolute atomic E-state index is 0.0466. The molecule has 2 aromatic carbocycles. The third-order valence-electron chi connectivity index (χ3n) is 5.41. The number of aryl methyl sites for hydroxylation is 1. The van der Waals surface area contributed by atoms with Gasteiger partial charge in [-0.15, -0.1) is 0 Å². The summed E-state index contributed by atoms with van der Waals surface area (Å²) in [5, 5.41) is 7.11. The van der Waals surface area contributed by atoms with Crippen LogP contribution in [0.3, 0.4) is 0 Å². The molecule has 0 bridgehead atoms. The Hall–Kier alpha value is -1.88. The van der Waals surface area contributed by atoms with E-state index >= 15 is 0 Å². The number of carbonyl (C=O) groups is 1. The summed E-state index contributed by atoms with van der Waals surface area (Å²) in [6.07, 6.45) is 2.78. The molecule has 0 heterocycles. The Bertz CT molecular complexity index is 794. The highest BCUT2D eigenvalue weighted by Crippen LogP contribution is 2.19. The molecule has 0 radical (unpaired) electrons. The van der Waals surface area contributed by atoms with Crippen molar-refractivity contribution < 1.29 is 9.53 Å². The highest BCUT2D eigenvalue weighted by molar-refractivity contribution is 6.30. The molecular weight excluding hydrogens is 384 g/mol. The van der Waals surface area contributed by atoms with E-state index in [2.05, 4.69) is 24.5 Å². The van der Waals surface area contributed by atoms with Crippen molar-refractivity contribution in [1.29, 1.82) is 0 Å². The molecule has 0 aliphatic rings. The van der Waals surface area contributed by atoms with Gasteiger partial charge in [-0.3, -0.25) is 4.79 Å². The largest absolute Gasteiger partial charge is 0.384 e. The number of carbonyl (C=O) groups excluding carboxylic acids is 1. The van der Waals surface area contributed by atoms with Crippen LogP contribution >= 0.6 is 11.6 Å². The SMILES string of the molecule is CC[C@@H](COC)CC(CNC(=O)c1cccc(Cc2cc(Cl)ccc2C)c1)NC. The molecule has 2 aromatic rings. The van der Waals surface area contributed by atoms with Crippen molar-refractivity contribution in [3.63, 3.8) is 0 Å². The van der Waals surface area contributed by atoms with Gasteiger partial charge in [0.1, 0.15) is 0 Å². The summed E-state index contributed by atoms with van der Waals surface area (Å²) in [4.78, 5) is 12.7. The maximum Gasteiger partial charge on any atom is 0.251 e. The number of benzene rings is 2. The first-order valence-corrected chi connectivity index (χ1v) is 10.6. The lowest BCUT2D eigenvalue weighted by atomic mass is 9.97. The van der Waals surface area contributed by atoms with Crippen LogP contribution in [0.1, 0.15) is 46.8 Å². The molecule has 2 atom stereocenters. The Labute approximate surface area is 180 Å². The summed E-state index contributed by atoms with van der Waals surface area (Å²) in [6, 6.07) is 13.9. The van der Waals surface area contributed by atoms with Gasteiger partial charge in [-0.05, 0) is 73.7 Å². The van der Waals surface area contributed by atoms with Crippen molar-refractivity contribution >= 4 is 17.5 Å². The maximum atomic E-state index is 12.7. The number of likely N-dealkylation sites (N-methyl/N-ethyl adjacent to an activating group) is 1. The van der Waals surface area contributed by atoms with Gasteiger partial charge in [0.25, 0.3) is 5.91 Å². The normalized spacial score (nSPS) is 13.1. The minimum Gasteiger partial charge on any atom is -0.384 e. The number of hydrogen-bond donors (Lipinski definition) is 2. The number of ether oxygens (including phenoxy) is 1. The standard InChI is InChI=1S/C24H33ClN2O2/c1-5-18(16-29-4)13-23(26-3)15-27-24(28)20-8-6-7-19(11-20)12-21-14-22(25)10-9-17(21)2/h6-11,14,18,23,26H,5,12-13,15-16H2,1-4H3,(H,27,28)/t18-,23?/m1/s1. The van der Waals surface area contributed by atoms with Crippen LogP contribution in [0.4, 0.5) is 0 Å². The lowest BCUT2D eigenvalue weighted by Gasteiger charge is -2.22. The molecule has 2 rings (SSSR count). The van der Waals surface area contributed by atoms with Crippen LogP contribution in [-0.4, -0.2) is 39.3 Å². The lowest BCUT2D eigenvalue weighted by molar-refractivity contribution is 0.0944. The van der Waals surface area contributed by atoms with E-state index < -0.39 is 0 Å². The average Bonchev–Trinajstić information content (AvgIpc) is 2.73. The van der Waals surface area contributed by atoms with E-state index in [9.17, 15) is 4.79 Å². The van der Waals surface area contributed by atoms with Crippen molar-refractivity contribution in [2.45, 2.75) is 39.2 Å². The topological polar surface area (TPSA) is 50.4 Å². The monoisotopic (exact) mass is 416 g/mol. The first-order valence-electron chi connectivity index (χ1n) is 10.2. The van der Waals surface area contributed by atoms with Gasteiger partial charge in [0, 0.05) is 36.9 Å². The fraction of sp³-hybridized carbons (Fsp3) is 0.458. The summed E-state index contributed by atoms with van der Waals surface area (Å²) in [5.74, 6) is 0.438. The van der Waals surface area contributed by atoms with Gasteiger partial charge in [-0.2, -0.15) is 0 Å². The van der Waals surface area contributed by atoms with Gasteiger partial charge in [0.2, 0.25) is 0 Å². The van der Waals surface area contributed by atoms with Gasteiger partial charge in [0.15, 0.2) is 0 Å². The smallest absolute Gasteiger partial charge is 0.251 e. The van der Waals surface area contributed by atoms with Gasteiger partial charge in [0.05, 0.1) is 0 Å². The molecule has 0 spiro atoms. The predicted octanol–water partition coefficient (Wildman–Crippen LogP) is 4.62. The summed E-state index contributed by atoms with van der Waals surface area (Å²) in [7, 11) is 3.67. The van der Waals surface area contributed by atoms with Gasteiger partial charge in [-0.25, -0.2) is 0 Å². The predicted molar refractivity (Wildman–Crippen MR) is 121 cm³/mol. The Balaban J connectivity index is 1.98. The van der Waals surface area contributed by atoms with Crippen molar-refractivity contribution in [3.8, 4) is 0 Å². The first-order chi connectivity index (χ1) is 14.0. The minimum atomic E-state index is -0.0466. The van der Waals surface area contributed by atoms with Gasteiger partial charge in [-0.1, -0.05) is 43.1 Å². The molecule has 0 saturated carbocycles. The molecule has 29 heavy (non-hydrogen) atoms. The fourth-order valence-electron chi connectivity index (χ4n) is 3.48. The molecule has 0 aromatic heterocycles. The molecule has 2 N–H and O–H groups in total. The molecule has 5 heteroatoms. The van der Waals surface area contributed by atoms with Crippen molar-refractivity contribution in [2.75, 3.05) is 27.3 Å². The zero-order valence-electron chi connectivity index (χ0n) is 17.9. The second kappa shape index (κ2) is 12.0. The molecule has 1 amide bonds. The van der Waals surface area contributed by atoms with Crippen LogP contribution in [0.25, 0.3) is 0 Å². The second-order valence-corrected chi connectivity index (χ2v) is 8.05. The molecule has 1 unspecified atom stereocenters. The highest BCUT2D eigenvalue weighted by atomic mass is 35.5. The first kappa shape index (κ1) is 23.4. The molecule has 0 saturated heterocycles. The molecule has 158 valence electrons. The summed E-state index contributed by atoms with van der Waals surface area (Å²) in [6.45, 7) is 5.58. The Kier molecular flexibility index (Phi) is 9.65. The van der Waals surface area contributed by atoms with Crippen LogP contribution in [0, 0.1) is 12.8 Å². The van der Waals surface area contributed by atoms with Crippen molar-refractivity contribution in [2.24, 2.45) is 5.92 Å². The van der Waals surface area contributed by atoms with E-state index in [4.69, 9.17) is 16.3 Å². The summed E-state index contributed by atoms with van der Waals surface area (Å²) < 4.78 is 5.29. The van der Waals surface area contributed by atoms with E-state index in [1.165, 1.54) is 11.1 Å². The van der Waals surface area contributed by atoms with Crippen LogP contribution in [0.2, 0.25) is 5.02 Å². The van der Waals surface area contributed by atoms with Crippen LogP contribution in [-0.2, 0) is 11.2 Å². The lowest BCUT2D eigenvalue weighted by Crippen LogP contribution is -2.40. The molecule has 0 fully saturated rings. The zero-order valence-corrected chi connectivity index (χ0v) is 18.7. The average molecular weight is 417 g/mol. The second-order valence-electron chi connectivity index (χ2n) is 7.61. The zero-order chi connectivity index (χ0) is 21.2. The van der Waals surface area contributed by atoms with Crippen molar-refractivity contribution in [1.82, 2.24) is 10.6 Å². The van der Waals surface area contributed by atoms with E-state index in [0.29, 0.717) is 18.0 Å². The third-order valence-corrected chi connectivity index (χ3v) is 5.64. The number of hydrogen-bond acceptors (Lipinski definition) is 3. The maximum absolute atomic E-state index is 12.7. The number of nitrogens with one attached hydrogen (secondary N) is 2. The Morgan fingerprint density at radius 1 is 1.21 bits per heavy atom. The molecule has 4 nitrogen and oxygen atoms in total. The summed E-state index contributed by atoms with van der Waals surface area (Å²) >= 11 is 6.14. The van der Waals surface area contributed by atoms with E-state index in [1.54, 1.807) is 7.11 Å². The van der Waals surface area contributed by atoms with E-state index in [1.807, 2.05) is 49.5 Å². The number of rotatable bonds is 11. The molecule has 0 aliphatic carbocycles. The third kappa shape index (κ3) is 7.46. The number of amides is 1. The van der Waals surface area contributed by atoms with Crippen LogP contribution in [0.15, 0.2) is 42.5 Å². The Morgan fingerprint density at radius 2 is 2.00 bits per heavy atom. The number of halogens is 1. The number of methoxy groups -OCH3 is 1. The van der Waals surface area contributed by atoms with Crippen LogP contribution < -0.4 is 10.6 Å². The van der Waals surface area contributed by atoms with E-state index in [0.717, 1.165) is 36.5 Å². The Morgan fingerprint density at radius 3 is 2.69 bits per heavy atom. The quantitative estimate of drug-likeness (QED) is 0.562. The van der Waals surface area contributed by atoms with Gasteiger partial charge < -0.3 is 15.4 Å².